The van der Waals surface area contributed by atoms with Gasteiger partial charge < -0.3 is 20.4 Å². The van der Waals surface area contributed by atoms with E-state index in [4.69, 9.17) is 10.5 Å². The zero-order valence-corrected chi connectivity index (χ0v) is 18.3. The van der Waals surface area contributed by atoms with Crippen LogP contribution < -0.4 is 15.4 Å². The summed E-state index contributed by atoms with van der Waals surface area (Å²) < 4.78 is 5.78. The molecule has 6 heteroatoms. The third-order valence-electron chi connectivity index (χ3n) is 3.54. The minimum atomic E-state index is 0.493. The average Bonchev–Trinajstić information content (AvgIpc) is 3.09. The van der Waals surface area contributed by atoms with Crippen LogP contribution in [-0.2, 0) is 6.42 Å². The fraction of sp³-hybridized carbons (Fsp3) is 0.619. The van der Waals surface area contributed by atoms with Crippen molar-refractivity contribution in [1.29, 1.82) is 0 Å². The maximum atomic E-state index is 5.94. The number of aromatic nitrogens is 3. The van der Waals surface area contributed by atoms with E-state index in [9.17, 15) is 0 Å². The molecule has 2 aromatic rings. The van der Waals surface area contributed by atoms with Gasteiger partial charge in [0.1, 0.15) is 11.6 Å². The summed E-state index contributed by atoms with van der Waals surface area (Å²) in [5.41, 5.74) is 8.08. The van der Waals surface area contributed by atoms with E-state index in [1.807, 2.05) is 52.9 Å². The summed E-state index contributed by atoms with van der Waals surface area (Å²) in [5, 5.41) is 0. The normalized spacial score (nSPS) is 9.59. The first-order valence-corrected chi connectivity index (χ1v) is 10.3. The Kier molecular flexibility index (Phi) is 13.6. The summed E-state index contributed by atoms with van der Waals surface area (Å²) in [5.74, 6) is 1.99. The van der Waals surface area contributed by atoms with Crippen molar-refractivity contribution >= 4 is 11.5 Å². The van der Waals surface area contributed by atoms with Crippen LogP contribution in [0.3, 0.4) is 0 Å². The second kappa shape index (κ2) is 14.9. The lowest BCUT2D eigenvalue weighted by Gasteiger charge is -2.24. The number of nitrogens with zero attached hydrogens (tertiary/aromatic N) is 3. The third kappa shape index (κ3) is 9.31. The molecule has 0 radical (unpaired) electrons. The van der Waals surface area contributed by atoms with E-state index < -0.39 is 0 Å². The number of H-pyrrole nitrogens is 1. The summed E-state index contributed by atoms with van der Waals surface area (Å²) in [7, 11) is 0. The highest BCUT2D eigenvalue weighted by Gasteiger charge is 2.09. The zero-order valence-electron chi connectivity index (χ0n) is 18.3. The van der Waals surface area contributed by atoms with Gasteiger partial charge in [0.2, 0.25) is 5.88 Å². The average molecular weight is 378 g/mol. The summed E-state index contributed by atoms with van der Waals surface area (Å²) in [6.45, 7) is 16.8. The molecular formula is C21H39N5O. The molecule has 0 unspecified atom stereocenters. The highest BCUT2D eigenvalue weighted by Crippen LogP contribution is 2.23. The van der Waals surface area contributed by atoms with E-state index in [1.54, 1.807) is 0 Å². The van der Waals surface area contributed by atoms with Crippen molar-refractivity contribution in [3.63, 3.8) is 0 Å². The molecule has 0 atom stereocenters. The Morgan fingerprint density at radius 1 is 1.07 bits per heavy atom. The van der Waals surface area contributed by atoms with Crippen LogP contribution in [0.25, 0.3) is 0 Å². The van der Waals surface area contributed by atoms with E-state index in [0.29, 0.717) is 18.3 Å². The number of pyridine rings is 1. The largest absolute Gasteiger partial charge is 0.477 e. The molecule has 0 aromatic carbocycles. The second-order valence-electron chi connectivity index (χ2n) is 5.67. The Balaban J connectivity index is 0.00000158. The predicted molar refractivity (Wildman–Crippen MR) is 117 cm³/mol. The van der Waals surface area contributed by atoms with Gasteiger partial charge in [0.05, 0.1) is 6.61 Å². The summed E-state index contributed by atoms with van der Waals surface area (Å²) in [6.07, 6.45) is 4.79. The van der Waals surface area contributed by atoms with Gasteiger partial charge in [-0.3, -0.25) is 0 Å². The quantitative estimate of drug-likeness (QED) is 0.643. The van der Waals surface area contributed by atoms with Crippen LogP contribution in [0.15, 0.2) is 18.3 Å². The van der Waals surface area contributed by atoms with E-state index in [-0.39, 0.29) is 0 Å². The van der Waals surface area contributed by atoms with Crippen molar-refractivity contribution in [3.8, 4) is 5.88 Å². The Labute approximate surface area is 165 Å². The fourth-order valence-corrected chi connectivity index (χ4v) is 2.54. The number of hydrogen-bond donors (Lipinski definition) is 2. The van der Waals surface area contributed by atoms with Crippen LogP contribution in [0, 0.1) is 6.92 Å². The first-order valence-electron chi connectivity index (χ1n) is 10.3. The van der Waals surface area contributed by atoms with Gasteiger partial charge in [0, 0.05) is 49.2 Å². The first-order chi connectivity index (χ1) is 13.1. The Hall–Kier alpha value is -2.24. The van der Waals surface area contributed by atoms with Crippen LogP contribution >= 0.6 is 0 Å². The van der Waals surface area contributed by atoms with Crippen molar-refractivity contribution in [2.24, 2.45) is 0 Å². The monoisotopic (exact) mass is 377 g/mol. The van der Waals surface area contributed by atoms with Gasteiger partial charge >= 0.3 is 0 Å². The van der Waals surface area contributed by atoms with E-state index >= 15 is 0 Å². The molecule has 0 aliphatic rings. The van der Waals surface area contributed by atoms with Gasteiger partial charge in [-0.1, -0.05) is 41.5 Å². The van der Waals surface area contributed by atoms with Crippen molar-refractivity contribution in [2.45, 2.75) is 67.7 Å². The minimum absolute atomic E-state index is 0.493. The number of imidazole rings is 1. The molecule has 0 bridgehead atoms. The topological polar surface area (TPSA) is 80.1 Å². The highest BCUT2D eigenvalue weighted by molar-refractivity contribution is 5.55. The molecule has 0 fully saturated rings. The van der Waals surface area contributed by atoms with Crippen LogP contribution in [0.5, 0.6) is 5.88 Å². The van der Waals surface area contributed by atoms with E-state index in [0.717, 1.165) is 49.6 Å². The highest BCUT2D eigenvalue weighted by atomic mass is 16.5. The molecule has 2 aromatic heterocycles. The number of ether oxygens (including phenoxy) is 1. The lowest BCUT2D eigenvalue weighted by molar-refractivity contribution is 0.309. The van der Waals surface area contributed by atoms with Crippen LogP contribution in [-0.4, -0.2) is 34.6 Å². The molecule has 3 N–H and O–H groups in total. The summed E-state index contributed by atoms with van der Waals surface area (Å²) >= 11 is 0. The number of anilines is 2. The molecule has 0 saturated heterocycles. The van der Waals surface area contributed by atoms with Crippen LogP contribution in [0.2, 0.25) is 0 Å². The molecule has 0 saturated carbocycles. The van der Waals surface area contributed by atoms with Gasteiger partial charge in [-0.05, 0) is 19.8 Å². The molecule has 154 valence electrons. The molecule has 27 heavy (non-hydrogen) atoms. The summed E-state index contributed by atoms with van der Waals surface area (Å²) in [4.78, 5) is 14.0. The van der Waals surface area contributed by atoms with Crippen LogP contribution in [0.1, 0.15) is 65.9 Å². The lowest BCUT2D eigenvalue weighted by Crippen LogP contribution is -2.25. The third-order valence-corrected chi connectivity index (χ3v) is 3.54. The Bertz CT molecular complexity index is 606. The molecule has 6 nitrogen and oxygen atoms in total. The first kappa shape index (κ1) is 24.8. The van der Waals surface area contributed by atoms with Crippen molar-refractivity contribution < 1.29 is 4.74 Å². The number of rotatable bonds is 9. The Morgan fingerprint density at radius 3 is 2.22 bits per heavy atom. The number of nitrogens with two attached hydrogens (primary N) is 1. The smallest absolute Gasteiger partial charge is 0.217 e. The van der Waals surface area contributed by atoms with E-state index in [1.165, 1.54) is 0 Å². The molecule has 2 heterocycles. The molecule has 0 aliphatic heterocycles. The number of aromatic amines is 1. The minimum Gasteiger partial charge on any atom is -0.477 e. The van der Waals surface area contributed by atoms with Gasteiger partial charge in [0.15, 0.2) is 0 Å². The molecule has 0 aliphatic carbocycles. The van der Waals surface area contributed by atoms with Crippen LogP contribution in [0.4, 0.5) is 11.5 Å². The van der Waals surface area contributed by atoms with Gasteiger partial charge in [-0.2, -0.15) is 4.98 Å². The predicted octanol–water partition coefficient (Wildman–Crippen LogP) is 5.00. The van der Waals surface area contributed by atoms with Gasteiger partial charge in [0.25, 0.3) is 0 Å². The van der Waals surface area contributed by atoms with Crippen molar-refractivity contribution in [1.82, 2.24) is 15.0 Å². The number of aryl methyl sites for hydroxylation is 1. The van der Waals surface area contributed by atoms with Crippen molar-refractivity contribution in [3.05, 3.63) is 29.8 Å². The maximum absolute atomic E-state index is 5.94. The second-order valence-corrected chi connectivity index (χ2v) is 5.67. The lowest BCUT2D eigenvalue weighted by atomic mass is 10.3. The maximum Gasteiger partial charge on any atom is 0.217 e. The van der Waals surface area contributed by atoms with Gasteiger partial charge in [-0.25, -0.2) is 4.98 Å². The number of hydrogen-bond acceptors (Lipinski definition) is 5. The fourth-order valence-electron chi connectivity index (χ4n) is 2.54. The Morgan fingerprint density at radius 2 is 1.70 bits per heavy atom. The molecular weight excluding hydrogens is 338 g/mol. The number of nitrogens with one attached hydrogen (secondary N) is 1. The van der Waals surface area contributed by atoms with Crippen molar-refractivity contribution in [2.75, 3.05) is 30.3 Å². The molecule has 0 spiro atoms. The van der Waals surface area contributed by atoms with E-state index in [2.05, 4.69) is 33.7 Å². The zero-order chi connectivity index (χ0) is 20.7. The molecule has 2 rings (SSSR count). The SMILES string of the molecule is CC.CC.CCCN(CCC)c1cc(N)nc(OCCc2cnc(C)[nH]2)c1. The standard InChI is InChI=1S/C17H27N5O.2C2H6/c1-4-7-22(8-5-2)15-10-16(18)21-17(11-15)23-9-6-14-12-19-13(3)20-14;2*1-2/h10-12H,4-9H2,1-3H3,(H2,18,21)(H,19,20);2*1-2H3. The number of nitrogen functional groups attached to an aromatic ring is 1. The summed E-state index contributed by atoms with van der Waals surface area (Å²) in [6, 6.07) is 3.89. The van der Waals surface area contributed by atoms with Gasteiger partial charge in [-0.15, -0.1) is 0 Å². The molecule has 0 amide bonds.